The van der Waals surface area contributed by atoms with Crippen LogP contribution >= 0.6 is 0 Å². The predicted octanol–water partition coefficient (Wildman–Crippen LogP) is 2.30. The molecule has 1 aromatic rings. The molecule has 122 valence electrons. The molecular weight excluding hydrogens is 323 g/mol. The van der Waals surface area contributed by atoms with E-state index in [0.29, 0.717) is 12.8 Å². The smallest absolute Gasteiger partial charge is 0.416 e. The van der Waals surface area contributed by atoms with Gasteiger partial charge < -0.3 is 5.11 Å². The van der Waals surface area contributed by atoms with Gasteiger partial charge in [0.15, 0.2) is 0 Å². The summed E-state index contributed by atoms with van der Waals surface area (Å²) < 4.78 is 63.6. The minimum atomic E-state index is -4.51. The maximum atomic E-state index is 12.5. The molecule has 0 heterocycles. The van der Waals surface area contributed by atoms with Crippen LogP contribution in [0.25, 0.3) is 0 Å². The maximum absolute atomic E-state index is 12.5. The molecule has 1 atom stereocenters. The molecule has 0 amide bonds. The lowest BCUT2D eigenvalue weighted by atomic mass is 10.0. The van der Waals surface area contributed by atoms with Gasteiger partial charge in [0.1, 0.15) is 0 Å². The van der Waals surface area contributed by atoms with Gasteiger partial charge in [-0.3, -0.25) is 4.79 Å². The van der Waals surface area contributed by atoms with Gasteiger partial charge in [0, 0.05) is 0 Å². The van der Waals surface area contributed by atoms with Crippen LogP contribution in [0.1, 0.15) is 36.4 Å². The first-order chi connectivity index (χ1) is 10.1. The Morgan fingerprint density at radius 3 is 2.23 bits per heavy atom. The van der Waals surface area contributed by atoms with Gasteiger partial charge in [0.25, 0.3) is 0 Å². The lowest BCUT2D eigenvalue weighted by Gasteiger charge is -2.18. The van der Waals surface area contributed by atoms with Crippen LogP contribution in [0.3, 0.4) is 0 Å². The van der Waals surface area contributed by atoms with Gasteiger partial charge in [-0.2, -0.15) is 13.2 Å². The molecule has 1 saturated carbocycles. The molecule has 0 radical (unpaired) electrons. The van der Waals surface area contributed by atoms with Crippen molar-refractivity contribution in [1.29, 1.82) is 0 Å². The highest BCUT2D eigenvalue weighted by Crippen LogP contribution is 2.32. The lowest BCUT2D eigenvalue weighted by molar-refractivity contribution is -0.138. The molecule has 0 aliphatic heterocycles. The minimum Gasteiger partial charge on any atom is -0.481 e. The van der Waals surface area contributed by atoms with Crippen molar-refractivity contribution in [3.05, 3.63) is 35.4 Å². The second-order valence-electron chi connectivity index (χ2n) is 5.13. The van der Waals surface area contributed by atoms with E-state index in [0.717, 1.165) is 24.3 Å². The summed E-state index contributed by atoms with van der Waals surface area (Å²) in [5, 5.41) is 8.32. The van der Waals surface area contributed by atoms with Crippen molar-refractivity contribution in [2.24, 2.45) is 0 Å². The Hall–Kier alpha value is -1.61. The zero-order valence-electron chi connectivity index (χ0n) is 11.3. The number of rotatable bonds is 6. The van der Waals surface area contributed by atoms with E-state index in [4.69, 9.17) is 5.11 Å². The highest BCUT2D eigenvalue weighted by Gasteiger charge is 2.38. The monoisotopic (exact) mass is 337 g/mol. The largest absolute Gasteiger partial charge is 0.481 e. The molecule has 1 aliphatic carbocycles. The highest BCUT2D eigenvalue weighted by atomic mass is 32.2. The molecule has 22 heavy (non-hydrogen) atoms. The molecular formula is C13H14F3NO4S. The Bertz CT molecular complexity index is 651. The number of aliphatic carboxylic acids is 1. The summed E-state index contributed by atoms with van der Waals surface area (Å²) in [5.41, 5.74) is -0.699. The molecule has 2 N–H and O–H groups in total. The van der Waals surface area contributed by atoms with E-state index in [2.05, 4.69) is 4.72 Å². The normalized spacial score (nSPS) is 17.2. The number of benzene rings is 1. The summed E-state index contributed by atoms with van der Waals surface area (Å²) in [6, 6.07) is 2.69. The Morgan fingerprint density at radius 1 is 1.27 bits per heavy atom. The van der Waals surface area contributed by atoms with E-state index < -0.39 is 45.4 Å². The summed E-state index contributed by atoms with van der Waals surface area (Å²) in [6.07, 6.45) is -4.05. The van der Waals surface area contributed by atoms with Crippen molar-refractivity contribution >= 4 is 16.0 Å². The fourth-order valence-corrected chi connectivity index (χ4v) is 3.54. The maximum Gasteiger partial charge on any atom is 0.416 e. The predicted molar refractivity (Wildman–Crippen MR) is 71.5 cm³/mol. The van der Waals surface area contributed by atoms with Crippen LogP contribution in [0.4, 0.5) is 13.2 Å². The zero-order valence-corrected chi connectivity index (χ0v) is 12.1. The van der Waals surface area contributed by atoms with Gasteiger partial charge in [0.05, 0.1) is 23.3 Å². The quantitative estimate of drug-likeness (QED) is 0.834. The van der Waals surface area contributed by atoms with Gasteiger partial charge in [0.2, 0.25) is 10.0 Å². The van der Waals surface area contributed by atoms with Crippen LogP contribution in [0.15, 0.2) is 24.3 Å². The topological polar surface area (TPSA) is 83.5 Å². The highest BCUT2D eigenvalue weighted by molar-refractivity contribution is 7.90. The molecule has 1 fully saturated rings. The molecule has 0 spiro atoms. The van der Waals surface area contributed by atoms with Crippen molar-refractivity contribution in [3.8, 4) is 0 Å². The third-order valence-electron chi connectivity index (χ3n) is 3.29. The summed E-state index contributed by atoms with van der Waals surface area (Å²) >= 11 is 0. The van der Waals surface area contributed by atoms with Crippen LogP contribution in [-0.2, 0) is 21.0 Å². The van der Waals surface area contributed by atoms with Crippen molar-refractivity contribution < 1.29 is 31.5 Å². The van der Waals surface area contributed by atoms with Crippen molar-refractivity contribution in [2.75, 3.05) is 0 Å². The second-order valence-corrected chi connectivity index (χ2v) is 7.12. The average Bonchev–Trinajstić information content (AvgIpc) is 3.21. The van der Waals surface area contributed by atoms with Gasteiger partial charge >= 0.3 is 12.1 Å². The number of hydrogen-bond acceptors (Lipinski definition) is 3. The number of nitrogens with one attached hydrogen (secondary N) is 1. The van der Waals surface area contributed by atoms with E-state index in [-0.39, 0.29) is 5.56 Å². The van der Waals surface area contributed by atoms with Crippen molar-refractivity contribution in [2.45, 2.75) is 36.7 Å². The van der Waals surface area contributed by atoms with E-state index >= 15 is 0 Å². The minimum absolute atomic E-state index is 0.180. The standard InChI is InChI=1S/C13H14F3NO4S/c14-13(15,16)9-3-1-8(2-4-9)11(7-12(18)19)17-22(20,21)10-5-6-10/h1-4,10-11,17H,5-7H2,(H,18,19). The Kier molecular flexibility index (Phi) is 4.48. The second kappa shape index (κ2) is 5.88. The van der Waals surface area contributed by atoms with Crippen molar-refractivity contribution in [1.82, 2.24) is 4.72 Å². The number of carboxylic acids is 1. The average molecular weight is 337 g/mol. The van der Waals surface area contributed by atoms with Crippen LogP contribution < -0.4 is 4.72 Å². The van der Waals surface area contributed by atoms with Crippen LogP contribution in [0.5, 0.6) is 0 Å². The first-order valence-electron chi connectivity index (χ1n) is 6.49. The number of hydrogen-bond donors (Lipinski definition) is 2. The van der Waals surface area contributed by atoms with Gasteiger partial charge in [-0.05, 0) is 30.5 Å². The number of carbonyl (C=O) groups is 1. The Labute approximate surface area is 125 Å². The van der Waals surface area contributed by atoms with E-state index in [1.54, 1.807) is 0 Å². The molecule has 5 nitrogen and oxygen atoms in total. The lowest BCUT2D eigenvalue weighted by Crippen LogP contribution is -2.32. The van der Waals surface area contributed by atoms with E-state index in [9.17, 15) is 26.4 Å². The Morgan fingerprint density at radius 2 is 1.82 bits per heavy atom. The number of sulfonamides is 1. The molecule has 0 saturated heterocycles. The Balaban J connectivity index is 2.23. The first kappa shape index (κ1) is 16.8. The van der Waals surface area contributed by atoms with Crippen LogP contribution in [0.2, 0.25) is 0 Å². The van der Waals surface area contributed by atoms with E-state index in [1.165, 1.54) is 0 Å². The molecule has 1 aromatic carbocycles. The summed E-state index contributed by atoms with van der Waals surface area (Å²) in [5.74, 6) is -1.25. The fraction of sp³-hybridized carbons (Fsp3) is 0.462. The first-order valence-corrected chi connectivity index (χ1v) is 8.04. The summed E-state index contributed by atoms with van der Waals surface area (Å²) in [7, 11) is -3.65. The van der Waals surface area contributed by atoms with Gasteiger partial charge in [-0.1, -0.05) is 12.1 Å². The molecule has 2 rings (SSSR count). The number of carboxylic acid groups (broad SMARTS) is 1. The van der Waals surface area contributed by atoms with Crippen molar-refractivity contribution in [3.63, 3.8) is 0 Å². The summed E-state index contributed by atoms with van der Waals surface area (Å²) in [6.45, 7) is 0. The third kappa shape index (κ3) is 4.20. The van der Waals surface area contributed by atoms with Crippen LogP contribution in [-0.4, -0.2) is 24.7 Å². The molecule has 9 heteroatoms. The molecule has 1 unspecified atom stereocenters. The van der Waals surface area contributed by atoms with Crippen LogP contribution in [0, 0.1) is 0 Å². The number of alkyl halides is 3. The molecule has 1 aliphatic rings. The van der Waals surface area contributed by atoms with E-state index in [1.807, 2.05) is 0 Å². The molecule has 0 bridgehead atoms. The van der Waals surface area contributed by atoms with Gasteiger partial charge in [-0.25, -0.2) is 13.1 Å². The fourth-order valence-electron chi connectivity index (χ4n) is 1.98. The molecule has 0 aromatic heterocycles. The zero-order chi connectivity index (χ0) is 16.5. The SMILES string of the molecule is O=C(O)CC(NS(=O)(=O)C1CC1)c1ccc(C(F)(F)F)cc1. The number of halogens is 3. The van der Waals surface area contributed by atoms with Gasteiger partial charge in [-0.15, -0.1) is 0 Å². The third-order valence-corrected chi connectivity index (χ3v) is 5.25. The summed E-state index contributed by atoms with van der Waals surface area (Å²) in [4.78, 5) is 10.9.